The first-order valence-electron chi connectivity index (χ1n) is 13.2. The first kappa shape index (κ1) is 32.9. The molecule has 238 valence electrons. The number of alkyl carbamates (subject to hydrolysis) is 1. The standard InChI is InChI=1S/C23H31N11O7S3/c1-11(19(37)38)41-29-13(15-27-20(24)44-30-15)16(35)26-14-17(36)33-8-12(9-42-18(14)33)10-43-21-28-31-32-34(21)7-5-6-25-22(39)40-23(2,3)4/h8,11,14,18H,5-7,9-10H2,1-4H3,(H,25,39)(H,26,35)(H,37,38)(H2,24,27,30)/b29-13+. The number of β-lactam (4-membered cyclic amide) rings is 1. The van der Waals surface area contributed by atoms with Crippen molar-refractivity contribution in [1.82, 2.24) is 45.1 Å². The molecule has 4 rings (SSSR count). The second-order valence-electron chi connectivity index (χ2n) is 10.4. The fourth-order valence-electron chi connectivity index (χ4n) is 3.67. The molecule has 3 unspecified atom stereocenters. The van der Waals surface area contributed by atoms with Gasteiger partial charge in [-0.1, -0.05) is 16.9 Å². The summed E-state index contributed by atoms with van der Waals surface area (Å²) in [6, 6.07) is -0.849. The summed E-state index contributed by atoms with van der Waals surface area (Å²) < 4.78 is 10.8. The van der Waals surface area contributed by atoms with E-state index in [0.29, 0.717) is 36.2 Å². The van der Waals surface area contributed by atoms with E-state index >= 15 is 0 Å². The van der Waals surface area contributed by atoms with Crippen molar-refractivity contribution in [3.8, 4) is 0 Å². The van der Waals surface area contributed by atoms with Crippen LogP contribution in [0.2, 0.25) is 0 Å². The summed E-state index contributed by atoms with van der Waals surface area (Å²) in [5.41, 5.74) is 5.62. The molecule has 4 heterocycles. The predicted octanol–water partition coefficient (Wildman–Crippen LogP) is 0.292. The lowest BCUT2D eigenvalue weighted by Gasteiger charge is -2.47. The lowest BCUT2D eigenvalue weighted by molar-refractivity contribution is -0.149. The molecule has 0 spiro atoms. The Bertz CT molecular complexity index is 1450. The molecule has 3 atom stereocenters. The minimum absolute atomic E-state index is 0.0697. The molecule has 44 heavy (non-hydrogen) atoms. The lowest BCUT2D eigenvalue weighted by Crippen LogP contribution is -2.69. The molecule has 2 aromatic rings. The quantitative estimate of drug-likeness (QED) is 0.0736. The smallest absolute Gasteiger partial charge is 0.407 e. The number of carboxylic acids is 1. The van der Waals surface area contributed by atoms with Gasteiger partial charge in [-0.05, 0) is 50.1 Å². The summed E-state index contributed by atoms with van der Waals surface area (Å²) in [5, 5.41) is 30.1. The van der Waals surface area contributed by atoms with Crippen molar-refractivity contribution in [1.29, 1.82) is 0 Å². The molecule has 18 nitrogen and oxygen atoms in total. The fraction of sp³-hybridized carbons (Fsp3) is 0.565. The van der Waals surface area contributed by atoms with E-state index in [1.165, 1.54) is 30.4 Å². The fourth-order valence-corrected chi connectivity index (χ4v) is 6.36. The van der Waals surface area contributed by atoms with E-state index in [2.05, 4.69) is 40.7 Å². The maximum atomic E-state index is 13.0. The number of anilines is 1. The predicted molar refractivity (Wildman–Crippen MR) is 160 cm³/mol. The van der Waals surface area contributed by atoms with Crippen LogP contribution < -0.4 is 16.4 Å². The zero-order chi connectivity index (χ0) is 32.0. The largest absolute Gasteiger partial charge is 0.478 e. The number of nitrogens with two attached hydrogens (primary N) is 1. The first-order chi connectivity index (χ1) is 20.8. The van der Waals surface area contributed by atoms with Crippen LogP contribution in [0.4, 0.5) is 9.93 Å². The minimum Gasteiger partial charge on any atom is -0.478 e. The van der Waals surface area contributed by atoms with E-state index in [0.717, 1.165) is 17.1 Å². The van der Waals surface area contributed by atoms with Gasteiger partial charge in [0.25, 0.3) is 11.8 Å². The van der Waals surface area contributed by atoms with E-state index in [-0.39, 0.29) is 22.2 Å². The molecule has 0 radical (unpaired) electrons. The van der Waals surface area contributed by atoms with Gasteiger partial charge in [-0.3, -0.25) is 9.59 Å². The molecular weight excluding hydrogens is 639 g/mol. The molecule has 1 saturated heterocycles. The third kappa shape index (κ3) is 8.56. The number of tetrazole rings is 1. The Labute approximate surface area is 263 Å². The number of fused-ring (bicyclic) bond motifs is 1. The molecule has 1 fully saturated rings. The average molecular weight is 670 g/mol. The minimum atomic E-state index is -1.34. The van der Waals surface area contributed by atoms with Gasteiger partial charge in [-0.2, -0.15) is 9.36 Å². The average Bonchev–Trinajstić information content (AvgIpc) is 3.60. The monoisotopic (exact) mass is 669 g/mol. The summed E-state index contributed by atoms with van der Waals surface area (Å²) in [6.07, 6.45) is 0.528. The number of thioether (sulfide) groups is 2. The highest BCUT2D eigenvalue weighted by Gasteiger charge is 2.50. The van der Waals surface area contributed by atoms with Crippen LogP contribution in [-0.4, -0.2) is 110 Å². The van der Waals surface area contributed by atoms with Crippen LogP contribution in [0.5, 0.6) is 0 Å². The van der Waals surface area contributed by atoms with Gasteiger partial charge >= 0.3 is 12.1 Å². The highest BCUT2D eigenvalue weighted by atomic mass is 32.2. The number of aryl methyl sites for hydroxylation is 1. The van der Waals surface area contributed by atoms with Gasteiger partial charge in [0.05, 0.1) is 0 Å². The van der Waals surface area contributed by atoms with E-state index in [9.17, 15) is 19.2 Å². The molecule has 0 aliphatic carbocycles. The van der Waals surface area contributed by atoms with Crippen LogP contribution >= 0.6 is 35.1 Å². The SMILES string of the molecule is CC(O/N=C(/C(=O)NC1C(=O)N2C=C(CSc3nnnn3CCCNC(=O)OC(C)(C)C)CSC12)c1nsc(N)n1)C(=O)O. The van der Waals surface area contributed by atoms with Crippen LogP contribution in [-0.2, 0) is 30.5 Å². The Hall–Kier alpha value is -3.98. The number of carbonyl (C=O) groups excluding carboxylic acids is 3. The molecule has 21 heteroatoms. The van der Waals surface area contributed by atoms with Crippen LogP contribution in [0.25, 0.3) is 0 Å². The maximum absolute atomic E-state index is 13.0. The van der Waals surface area contributed by atoms with Crippen LogP contribution in [0.15, 0.2) is 22.1 Å². The molecule has 3 amide bonds. The number of hydrogen-bond donors (Lipinski definition) is 4. The molecule has 2 aromatic heterocycles. The Morgan fingerprint density at radius 3 is 2.80 bits per heavy atom. The molecule has 2 aliphatic rings. The van der Waals surface area contributed by atoms with Gasteiger partial charge in [0, 0.05) is 42.3 Å². The van der Waals surface area contributed by atoms with E-state index < -0.39 is 41.4 Å². The number of hydrogen-bond acceptors (Lipinski definition) is 16. The molecule has 2 aliphatic heterocycles. The van der Waals surface area contributed by atoms with Crippen LogP contribution in [0.1, 0.15) is 39.9 Å². The zero-order valence-corrected chi connectivity index (χ0v) is 26.6. The van der Waals surface area contributed by atoms with E-state index in [1.54, 1.807) is 36.6 Å². The first-order valence-corrected chi connectivity index (χ1v) is 16.0. The van der Waals surface area contributed by atoms with Gasteiger partial charge < -0.3 is 35.9 Å². The van der Waals surface area contributed by atoms with Crippen molar-refractivity contribution in [3.63, 3.8) is 0 Å². The highest BCUT2D eigenvalue weighted by molar-refractivity contribution is 8.01. The summed E-state index contributed by atoms with van der Waals surface area (Å²) >= 11 is 3.71. The van der Waals surface area contributed by atoms with Crippen LogP contribution in [0, 0.1) is 0 Å². The van der Waals surface area contributed by atoms with Crippen molar-refractivity contribution in [2.45, 2.75) is 68.9 Å². The number of carbonyl (C=O) groups is 4. The van der Waals surface area contributed by atoms with Crippen molar-refractivity contribution in [2.75, 3.05) is 23.8 Å². The Morgan fingerprint density at radius 2 is 2.11 bits per heavy atom. The zero-order valence-electron chi connectivity index (χ0n) is 24.1. The number of nitrogens with zero attached hydrogens (tertiary/aromatic N) is 8. The van der Waals surface area contributed by atoms with Crippen molar-refractivity contribution in [3.05, 3.63) is 17.6 Å². The lowest BCUT2D eigenvalue weighted by atomic mass is 10.1. The van der Waals surface area contributed by atoms with Gasteiger partial charge in [0.15, 0.2) is 5.13 Å². The Kier molecular flexibility index (Phi) is 10.6. The summed E-state index contributed by atoms with van der Waals surface area (Å²) in [7, 11) is 0. The van der Waals surface area contributed by atoms with Gasteiger partial charge in [0.1, 0.15) is 17.0 Å². The van der Waals surface area contributed by atoms with Gasteiger partial charge in [-0.25, -0.2) is 14.3 Å². The summed E-state index contributed by atoms with van der Waals surface area (Å²) in [5.74, 6) is -1.44. The summed E-state index contributed by atoms with van der Waals surface area (Å²) in [4.78, 5) is 59.2. The number of nitrogens with one attached hydrogen (secondary N) is 2. The highest BCUT2D eigenvalue weighted by Crippen LogP contribution is 2.37. The Balaban J connectivity index is 1.28. The number of amides is 3. The molecular formula is C23H31N11O7S3. The molecule has 0 aromatic carbocycles. The number of aliphatic carboxylic acids is 1. The number of nitrogen functional groups attached to an aromatic ring is 1. The number of aromatic nitrogens is 6. The number of oxime groups is 1. The number of carboxylic acid groups (broad SMARTS) is 1. The van der Waals surface area contributed by atoms with Gasteiger partial charge in [-0.15, -0.1) is 16.9 Å². The second-order valence-corrected chi connectivity index (χ2v) is 13.3. The van der Waals surface area contributed by atoms with Crippen molar-refractivity contribution >= 4 is 69.8 Å². The van der Waals surface area contributed by atoms with E-state index in [4.69, 9.17) is 20.4 Å². The van der Waals surface area contributed by atoms with Crippen molar-refractivity contribution in [2.24, 2.45) is 5.16 Å². The summed E-state index contributed by atoms with van der Waals surface area (Å²) in [6.45, 7) is 7.50. The van der Waals surface area contributed by atoms with Crippen molar-refractivity contribution < 1.29 is 33.9 Å². The van der Waals surface area contributed by atoms with E-state index in [1.807, 2.05) is 0 Å². The van der Waals surface area contributed by atoms with Gasteiger partial charge in [0.2, 0.25) is 22.8 Å². The molecule has 0 saturated carbocycles. The normalized spacial score (nSPS) is 18.9. The number of rotatable bonds is 13. The molecule has 0 bridgehead atoms. The third-order valence-corrected chi connectivity index (χ3v) is 8.73. The second kappa shape index (κ2) is 14.2. The third-order valence-electron chi connectivity index (χ3n) is 5.75. The topological polar surface area (TPSA) is 242 Å². The maximum Gasteiger partial charge on any atom is 0.407 e. The van der Waals surface area contributed by atoms with Crippen LogP contribution in [0.3, 0.4) is 0 Å². The Morgan fingerprint density at radius 1 is 1.34 bits per heavy atom. The number of ether oxygens (including phenoxy) is 1. The molecule has 5 N–H and O–H groups in total.